The molecular formula is C11H16N2O. The van der Waals surface area contributed by atoms with Crippen LogP contribution in [0.3, 0.4) is 0 Å². The Morgan fingerprint density at radius 3 is 3.07 bits per heavy atom. The van der Waals surface area contributed by atoms with E-state index in [0.717, 1.165) is 31.7 Å². The van der Waals surface area contributed by atoms with Crippen LogP contribution >= 0.6 is 0 Å². The van der Waals surface area contributed by atoms with E-state index in [0.29, 0.717) is 12.5 Å². The molecule has 1 N–H and O–H groups in total. The van der Waals surface area contributed by atoms with Crippen LogP contribution in [0.25, 0.3) is 0 Å². The maximum absolute atomic E-state index is 9.01. The summed E-state index contributed by atoms with van der Waals surface area (Å²) in [4.78, 5) is 6.64. The number of aliphatic hydroxyl groups excluding tert-OH is 1. The summed E-state index contributed by atoms with van der Waals surface area (Å²) in [5.41, 5.74) is 1.12. The van der Waals surface area contributed by atoms with Gasteiger partial charge in [-0.2, -0.15) is 0 Å². The molecule has 2 rings (SSSR count). The lowest BCUT2D eigenvalue weighted by Crippen LogP contribution is -2.21. The van der Waals surface area contributed by atoms with Gasteiger partial charge in [0.25, 0.3) is 0 Å². The first-order valence-electron chi connectivity index (χ1n) is 5.11. The van der Waals surface area contributed by atoms with Gasteiger partial charge in [0.15, 0.2) is 0 Å². The summed E-state index contributed by atoms with van der Waals surface area (Å²) in [5.74, 6) is 0.471. The van der Waals surface area contributed by atoms with Crippen molar-refractivity contribution in [2.45, 2.75) is 13.0 Å². The summed E-state index contributed by atoms with van der Waals surface area (Å²) in [5, 5.41) is 9.01. The molecular weight excluding hydrogens is 176 g/mol. The maximum Gasteiger partial charge on any atom is 0.0543 e. The Kier molecular flexibility index (Phi) is 3.11. The average Bonchev–Trinajstić information content (AvgIpc) is 2.67. The number of hydrogen-bond donors (Lipinski definition) is 1. The molecule has 0 saturated carbocycles. The van der Waals surface area contributed by atoms with E-state index in [-0.39, 0.29) is 0 Å². The van der Waals surface area contributed by atoms with Crippen molar-refractivity contribution >= 4 is 0 Å². The highest BCUT2D eigenvalue weighted by Gasteiger charge is 2.21. The van der Waals surface area contributed by atoms with Crippen molar-refractivity contribution < 1.29 is 5.11 Å². The highest BCUT2D eigenvalue weighted by atomic mass is 16.3. The topological polar surface area (TPSA) is 36.4 Å². The van der Waals surface area contributed by atoms with Gasteiger partial charge >= 0.3 is 0 Å². The monoisotopic (exact) mass is 192 g/mol. The van der Waals surface area contributed by atoms with Crippen LogP contribution in [0.4, 0.5) is 0 Å². The molecule has 0 amide bonds. The zero-order valence-corrected chi connectivity index (χ0v) is 8.26. The molecule has 14 heavy (non-hydrogen) atoms. The fraction of sp³-hybridized carbons (Fsp3) is 0.545. The van der Waals surface area contributed by atoms with E-state index >= 15 is 0 Å². The molecule has 0 aromatic carbocycles. The summed E-state index contributed by atoms with van der Waals surface area (Å²) >= 11 is 0. The molecule has 0 radical (unpaired) electrons. The molecule has 3 nitrogen and oxygen atoms in total. The van der Waals surface area contributed by atoms with Gasteiger partial charge in [-0.05, 0) is 31.0 Å². The van der Waals surface area contributed by atoms with Crippen LogP contribution in [-0.2, 0) is 6.54 Å². The van der Waals surface area contributed by atoms with Crippen LogP contribution in [0.2, 0.25) is 0 Å². The quantitative estimate of drug-likeness (QED) is 0.773. The summed E-state index contributed by atoms with van der Waals surface area (Å²) in [6.07, 6.45) is 2.94. The third-order valence-corrected chi connectivity index (χ3v) is 2.74. The van der Waals surface area contributed by atoms with Crippen LogP contribution < -0.4 is 0 Å². The van der Waals surface area contributed by atoms with Crippen LogP contribution in [0.5, 0.6) is 0 Å². The lowest BCUT2D eigenvalue weighted by molar-refractivity contribution is 0.219. The SMILES string of the molecule is OC[C@H]1CCN(Cc2ccccn2)C1. The molecule has 1 aromatic heterocycles. The maximum atomic E-state index is 9.01. The predicted molar refractivity (Wildman–Crippen MR) is 54.7 cm³/mol. The number of nitrogens with zero attached hydrogens (tertiary/aromatic N) is 2. The van der Waals surface area contributed by atoms with E-state index in [2.05, 4.69) is 9.88 Å². The third-order valence-electron chi connectivity index (χ3n) is 2.74. The molecule has 0 aliphatic carbocycles. The molecule has 3 heteroatoms. The van der Waals surface area contributed by atoms with E-state index in [1.54, 1.807) is 0 Å². The summed E-state index contributed by atoms with van der Waals surface area (Å²) < 4.78 is 0. The molecule has 0 bridgehead atoms. The van der Waals surface area contributed by atoms with Crippen LogP contribution in [0.15, 0.2) is 24.4 Å². The largest absolute Gasteiger partial charge is 0.396 e. The highest BCUT2D eigenvalue weighted by Crippen LogP contribution is 2.16. The highest BCUT2D eigenvalue weighted by molar-refractivity contribution is 5.03. The van der Waals surface area contributed by atoms with Gasteiger partial charge < -0.3 is 5.11 Å². The van der Waals surface area contributed by atoms with Gasteiger partial charge in [-0.3, -0.25) is 9.88 Å². The number of aromatic nitrogens is 1. The number of hydrogen-bond acceptors (Lipinski definition) is 3. The van der Waals surface area contributed by atoms with Crippen molar-refractivity contribution in [3.05, 3.63) is 30.1 Å². The molecule has 1 aliphatic heterocycles. The van der Waals surface area contributed by atoms with E-state index in [1.165, 1.54) is 0 Å². The average molecular weight is 192 g/mol. The van der Waals surface area contributed by atoms with E-state index in [4.69, 9.17) is 5.11 Å². The molecule has 0 unspecified atom stereocenters. The van der Waals surface area contributed by atoms with Gasteiger partial charge in [-0.15, -0.1) is 0 Å². The van der Waals surface area contributed by atoms with Crippen molar-refractivity contribution in [1.82, 2.24) is 9.88 Å². The predicted octanol–water partition coefficient (Wildman–Crippen LogP) is 0.896. The van der Waals surface area contributed by atoms with Crippen molar-refractivity contribution in [3.8, 4) is 0 Å². The Bertz CT molecular complexity index is 276. The molecule has 2 heterocycles. The third kappa shape index (κ3) is 2.30. The molecule has 76 valence electrons. The minimum absolute atomic E-state index is 0.318. The lowest BCUT2D eigenvalue weighted by atomic mass is 10.1. The second-order valence-electron chi connectivity index (χ2n) is 3.89. The van der Waals surface area contributed by atoms with Gasteiger partial charge in [-0.25, -0.2) is 0 Å². The van der Waals surface area contributed by atoms with E-state index in [1.807, 2.05) is 24.4 Å². The van der Waals surface area contributed by atoms with Crippen LogP contribution in [0.1, 0.15) is 12.1 Å². The fourth-order valence-electron chi connectivity index (χ4n) is 1.93. The first-order chi connectivity index (χ1) is 6.88. The molecule has 1 saturated heterocycles. The molecule has 1 fully saturated rings. The Morgan fingerprint density at radius 2 is 2.43 bits per heavy atom. The second-order valence-corrected chi connectivity index (χ2v) is 3.89. The number of likely N-dealkylation sites (tertiary alicyclic amines) is 1. The smallest absolute Gasteiger partial charge is 0.0543 e. The summed E-state index contributed by atoms with van der Waals surface area (Å²) in [6, 6.07) is 6.00. The van der Waals surface area contributed by atoms with E-state index in [9.17, 15) is 0 Å². The standard InChI is InChI=1S/C11H16N2O/c14-9-10-4-6-13(7-10)8-11-3-1-2-5-12-11/h1-3,5,10,14H,4,6-9H2/t10-/m0/s1. The molecule has 0 spiro atoms. The zero-order valence-electron chi connectivity index (χ0n) is 8.26. The summed E-state index contributed by atoms with van der Waals surface area (Å²) in [7, 11) is 0. The number of aliphatic hydroxyl groups is 1. The minimum atomic E-state index is 0.318. The van der Waals surface area contributed by atoms with E-state index < -0.39 is 0 Å². The van der Waals surface area contributed by atoms with Crippen molar-refractivity contribution in [2.24, 2.45) is 5.92 Å². The molecule has 1 aromatic rings. The minimum Gasteiger partial charge on any atom is -0.396 e. The fourth-order valence-corrected chi connectivity index (χ4v) is 1.93. The Morgan fingerprint density at radius 1 is 1.50 bits per heavy atom. The Labute approximate surface area is 84.4 Å². The normalized spacial score (nSPS) is 22.8. The Hall–Kier alpha value is -0.930. The summed E-state index contributed by atoms with van der Waals surface area (Å²) in [6.45, 7) is 3.32. The van der Waals surface area contributed by atoms with Crippen LogP contribution in [-0.4, -0.2) is 34.7 Å². The Balaban J connectivity index is 1.88. The van der Waals surface area contributed by atoms with Gasteiger partial charge in [0.1, 0.15) is 0 Å². The van der Waals surface area contributed by atoms with Gasteiger partial charge in [0, 0.05) is 25.9 Å². The van der Waals surface area contributed by atoms with Crippen molar-refractivity contribution in [2.75, 3.05) is 19.7 Å². The number of rotatable bonds is 3. The van der Waals surface area contributed by atoms with Gasteiger partial charge in [0.2, 0.25) is 0 Å². The van der Waals surface area contributed by atoms with Gasteiger partial charge in [-0.1, -0.05) is 6.07 Å². The molecule has 1 atom stereocenters. The molecule has 1 aliphatic rings. The lowest BCUT2D eigenvalue weighted by Gasteiger charge is -2.14. The first-order valence-corrected chi connectivity index (χ1v) is 5.11. The van der Waals surface area contributed by atoms with Crippen LogP contribution in [0, 0.1) is 5.92 Å². The van der Waals surface area contributed by atoms with Crippen molar-refractivity contribution in [1.29, 1.82) is 0 Å². The zero-order chi connectivity index (χ0) is 9.80. The number of pyridine rings is 1. The second kappa shape index (κ2) is 4.53. The first kappa shape index (κ1) is 9.62. The van der Waals surface area contributed by atoms with Crippen molar-refractivity contribution in [3.63, 3.8) is 0 Å². The van der Waals surface area contributed by atoms with Gasteiger partial charge in [0.05, 0.1) is 5.69 Å².